The van der Waals surface area contributed by atoms with Crippen LogP contribution in [-0.4, -0.2) is 79.0 Å². The number of carbonyl (C=O) groups is 2. The van der Waals surface area contributed by atoms with Crippen molar-refractivity contribution in [1.82, 2.24) is 10.2 Å². The quantitative estimate of drug-likeness (QED) is 0.609. The number of aliphatic hydroxyl groups excluding tert-OH is 1. The van der Waals surface area contributed by atoms with Gasteiger partial charge in [0.05, 0.1) is 29.5 Å². The third-order valence-electron chi connectivity index (χ3n) is 5.92. The molecule has 3 fully saturated rings. The molecule has 0 bridgehead atoms. The predicted octanol–water partition coefficient (Wildman–Crippen LogP) is 1.51. The van der Waals surface area contributed by atoms with Crippen molar-refractivity contribution >= 4 is 40.6 Å². The Morgan fingerprint density at radius 1 is 1.26 bits per heavy atom. The van der Waals surface area contributed by atoms with Gasteiger partial charge < -0.3 is 25.0 Å². The summed E-state index contributed by atoms with van der Waals surface area (Å²) in [5.41, 5.74) is 0.874. The Bertz CT molecular complexity index is 858. The SMILES string of the molecule is O=C(CO)N1CCN(c2ccc(N3CC(CNC(=S)CC4CC4)OC3=O)cc2F)CC1. The smallest absolute Gasteiger partial charge is 0.414 e. The first-order valence-electron chi connectivity index (χ1n) is 10.6. The summed E-state index contributed by atoms with van der Waals surface area (Å²) in [5.74, 6) is -0.0537. The number of halogens is 1. The van der Waals surface area contributed by atoms with E-state index in [0.717, 1.165) is 11.4 Å². The van der Waals surface area contributed by atoms with Gasteiger partial charge in [-0.05, 0) is 37.0 Å². The third kappa shape index (κ3) is 5.24. The molecular formula is C21H27FN4O4S. The first kappa shape index (κ1) is 21.8. The Labute approximate surface area is 185 Å². The molecule has 0 radical (unpaired) electrons. The highest BCUT2D eigenvalue weighted by Gasteiger charge is 2.33. The number of nitrogens with one attached hydrogen (secondary N) is 1. The number of amides is 2. The van der Waals surface area contributed by atoms with Gasteiger partial charge >= 0.3 is 6.09 Å². The number of benzene rings is 1. The van der Waals surface area contributed by atoms with Gasteiger partial charge in [-0.3, -0.25) is 9.69 Å². The molecule has 0 spiro atoms. The summed E-state index contributed by atoms with van der Waals surface area (Å²) in [6, 6.07) is 4.70. The molecule has 10 heteroatoms. The number of hydrogen-bond donors (Lipinski definition) is 2. The number of thiocarbonyl (C=S) groups is 1. The van der Waals surface area contributed by atoms with Crippen molar-refractivity contribution in [1.29, 1.82) is 0 Å². The lowest BCUT2D eigenvalue weighted by Gasteiger charge is -2.36. The highest BCUT2D eigenvalue weighted by Crippen LogP contribution is 2.32. The fourth-order valence-electron chi connectivity index (χ4n) is 3.94. The second-order valence-corrected chi connectivity index (χ2v) is 8.72. The molecule has 1 unspecified atom stereocenters. The summed E-state index contributed by atoms with van der Waals surface area (Å²) in [7, 11) is 0. The first-order valence-corrected chi connectivity index (χ1v) is 11.0. The zero-order chi connectivity index (χ0) is 22.0. The summed E-state index contributed by atoms with van der Waals surface area (Å²) >= 11 is 5.33. The molecule has 1 atom stereocenters. The second-order valence-electron chi connectivity index (χ2n) is 8.23. The van der Waals surface area contributed by atoms with Crippen LogP contribution in [0.25, 0.3) is 0 Å². The molecule has 2 saturated heterocycles. The second kappa shape index (κ2) is 9.35. The highest BCUT2D eigenvalue weighted by molar-refractivity contribution is 7.80. The number of cyclic esters (lactones) is 1. The van der Waals surface area contributed by atoms with E-state index in [1.807, 2.05) is 4.90 Å². The van der Waals surface area contributed by atoms with Crippen LogP contribution >= 0.6 is 12.2 Å². The summed E-state index contributed by atoms with van der Waals surface area (Å²) < 4.78 is 20.2. The first-order chi connectivity index (χ1) is 14.9. The molecule has 8 nitrogen and oxygen atoms in total. The van der Waals surface area contributed by atoms with E-state index in [1.54, 1.807) is 17.0 Å². The van der Waals surface area contributed by atoms with Crippen LogP contribution in [0.1, 0.15) is 19.3 Å². The van der Waals surface area contributed by atoms with Crippen molar-refractivity contribution in [3.63, 3.8) is 0 Å². The van der Waals surface area contributed by atoms with Gasteiger partial charge in [-0.25, -0.2) is 9.18 Å². The number of hydrogen-bond acceptors (Lipinski definition) is 6. The molecule has 1 saturated carbocycles. The van der Waals surface area contributed by atoms with E-state index in [-0.39, 0.29) is 12.0 Å². The van der Waals surface area contributed by atoms with Crippen LogP contribution in [0.5, 0.6) is 0 Å². The maximum Gasteiger partial charge on any atom is 0.414 e. The lowest BCUT2D eigenvalue weighted by atomic mass is 10.2. The standard InChI is InChI=1S/C21H27FN4O4S/c22-17-10-15(3-4-18(17)24-5-7-25(8-6-24)20(28)13-27)26-12-16(30-21(26)29)11-23-19(31)9-14-1-2-14/h3-4,10,14,16,27H,1-2,5-9,11-13H2,(H,23,31). The Morgan fingerprint density at radius 2 is 2.00 bits per heavy atom. The highest BCUT2D eigenvalue weighted by atomic mass is 32.1. The van der Waals surface area contributed by atoms with Crippen LogP contribution in [0.3, 0.4) is 0 Å². The van der Waals surface area contributed by atoms with E-state index in [2.05, 4.69) is 5.32 Å². The number of ether oxygens (including phenoxy) is 1. The van der Waals surface area contributed by atoms with Crippen molar-refractivity contribution in [2.24, 2.45) is 5.92 Å². The Balaban J connectivity index is 1.32. The molecule has 1 aliphatic carbocycles. The zero-order valence-electron chi connectivity index (χ0n) is 17.3. The van der Waals surface area contributed by atoms with Gasteiger partial charge in [-0.1, -0.05) is 12.2 Å². The number of anilines is 2. The zero-order valence-corrected chi connectivity index (χ0v) is 18.1. The summed E-state index contributed by atoms with van der Waals surface area (Å²) in [6.07, 6.45) is 2.50. The van der Waals surface area contributed by atoms with Crippen LogP contribution in [0.15, 0.2) is 18.2 Å². The molecule has 2 N–H and O–H groups in total. The van der Waals surface area contributed by atoms with Crippen LogP contribution in [0, 0.1) is 11.7 Å². The van der Waals surface area contributed by atoms with E-state index in [0.29, 0.717) is 56.6 Å². The lowest BCUT2D eigenvalue weighted by Crippen LogP contribution is -2.49. The van der Waals surface area contributed by atoms with Crippen molar-refractivity contribution < 1.29 is 23.8 Å². The monoisotopic (exact) mass is 450 g/mol. The van der Waals surface area contributed by atoms with E-state index in [1.165, 1.54) is 23.8 Å². The van der Waals surface area contributed by atoms with E-state index >= 15 is 0 Å². The minimum absolute atomic E-state index is 0.319. The summed E-state index contributed by atoms with van der Waals surface area (Å²) in [5, 5.41) is 12.1. The largest absolute Gasteiger partial charge is 0.442 e. The fraction of sp³-hybridized carbons (Fsp3) is 0.571. The number of aliphatic hydroxyl groups is 1. The maximum atomic E-state index is 14.8. The topological polar surface area (TPSA) is 85.3 Å². The molecule has 2 amide bonds. The molecule has 31 heavy (non-hydrogen) atoms. The van der Waals surface area contributed by atoms with E-state index in [9.17, 15) is 14.0 Å². The van der Waals surface area contributed by atoms with Gasteiger partial charge in [-0.2, -0.15) is 0 Å². The molecule has 0 aromatic heterocycles. The molecule has 168 valence electrons. The average Bonchev–Trinajstić information content (AvgIpc) is 3.50. The number of rotatable bonds is 7. The van der Waals surface area contributed by atoms with Gasteiger partial charge in [0.2, 0.25) is 5.91 Å². The molecule has 2 aliphatic heterocycles. The molecule has 3 aliphatic rings. The van der Waals surface area contributed by atoms with Crippen molar-refractivity contribution in [2.45, 2.75) is 25.4 Å². The van der Waals surface area contributed by atoms with Crippen LogP contribution in [0.4, 0.5) is 20.6 Å². The maximum absolute atomic E-state index is 14.8. The van der Waals surface area contributed by atoms with E-state index in [4.69, 9.17) is 22.1 Å². The van der Waals surface area contributed by atoms with Gasteiger partial charge in [0.25, 0.3) is 0 Å². The molecular weight excluding hydrogens is 423 g/mol. The minimum Gasteiger partial charge on any atom is -0.442 e. The van der Waals surface area contributed by atoms with Crippen molar-refractivity contribution in [3.05, 3.63) is 24.0 Å². The van der Waals surface area contributed by atoms with Crippen LogP contribution in [-0.2, 0) is 9.53 Å². The van der Waals surface area contributed by atoms with Gasteiger partial charge in [0, 0.05) is 32.6 Å². The number of nitrogens with zero attached hydrogens (tertiary/aromatic N) is 3. The Morgan fingerprint density at radius 3 is 2.65 bits per heavy atom. The molecule has 1 aromatic rings. The van der Waals surface area contributed by atoms with Gasteiger partial charge in [0.1, 0.15) is 18.5 Å². The van der Waals surface area contributed by atoms with Crippen LogP contribution in [0.2, 0.25) is 0 Å². The Hall–Kier alpha value is -2.46. The third-order valence-corrected chi connectivity index (χ3v) is 6.23. The normalized spacial score (nSPS) is 21.3. The molecule has 1 aromatic carbocycles. The average molecular weight is 451 g/mol. The van der Waals surface area contributed by atoms with E-state index < -0.39 is 18.5 Å². The Kier molecular flexibility index (Phi) is 6.57. The summed E-state index contributed by atoms with van der Waals surface area (Å²) in [4.78, 5) is 29.5. The minimum atomic E-state index is -0.516. The predicted molar refractivity (Wildman–Crippen MR) is 118 cm³/mol. The summed E-state index contributed by atoms with van der Waals surface area (Å²) in [6.45, 7) is 2.07. The van der Waals surface area contributed by atoms with Gasteiger partial charge in [-0.15, -0.1) is 0 Å². The fourth-order valence-corrected chi connectivity index (χ4v) is 4.26. The number of carbonyl (C=O) groups excluding carboxylic acids is 2. The van der Waals surface area contributed by atoms with Crippen LogP contribution < -0.4 is 15.1 Å². The number of piperazine rings is 1. The molecule has 2 heterocycles. The lowest BCUT2D eigenvalue weighted by molar-refractivity contribution is -0.134. The van der Waals surface area contributed by atoms with Crippen molar-refractivity contribution in [2.75, 3.05) is 55.7 Å². The molecule has 4 rings (SSSR count). The van der Waals surface area contributed by atoms with Gasteiger partial charge in [0.15, 0.2) is 0 Å². The van der Waals surface area contributed by atoms with Crippen molar-refractivity contribution in [3.8, 4) is 0 Å².